The van der Waals surface area contributed by atoms with E-state index >= 15 is 0 Å². The molecule has 0 bridgehead atoms. The molecule has 1 saturated heterocycles. The summed E-state index contributed by atoms with van der Waals surface area (Å²) in [6.45, 7) is 2.35. The minimum Gasteiger partial charge on any atom is -0.368 e. The van der Waals surface area contributed by atoms with E-state index in [2.05, 4.69) is 11.2 Å². The van der Waals surface area contributed by atoms with Crippen LogP contribution in [-0.2, 0) is 4.74 Å². The molecule has 1 heterocycles. The normalized spacial score (nSPS) is 18.1. The maximum absolute atomic E-state index is 12.3. The van der Waals surface area contributed by atoms with E-state index in [1.54, 1.807) is 17.0 Å². The summed E-state index contributed by atoms with van der Waals surface area (Å²) in [5, 5.41) is 3.39. The van der Waals surface area contributed by atoms with Gasteiger partial charge in [-0.15, -0.1) is 6.42 Å². The summed E-state index contributed by atoms with van der Waals surface area (Å²) in [7, 11) is 0. The molecule has 1 aliphatic heterocycles. The van der Waals surface area contributed by atoms with Gasteiger partial charge in [-0.3, -0.25) is 0 Å². The van der Waals surface area contributed by atoms with Crippen molar-refractivity contribution in [2.24, 2.45) is 5.92 Å². The van der Waals surface area contributed by atoms with Gasteiger partial charge in [-0.1, -0.05) is 29.7 Å². The van der Waals surface area contributed by atoms with Crippen molar-refractivity contribution in [2.45, 2.75) is 12.8 Å². The lowest BCUT2D eigenvalue weighted by Gasteiger charge is -2.32. The number of carbonyl (C=O) groups excluding carboxylic acids is 1. The van der Waals surface area contributed by atoms with E-state index < -0.39 is 0 Å². The molecular formula is C16H19ClN2O2. The quantitative estimate of drug-likeness (QED) is 0.685. The Morgan fingerprint density at radius 1 is 1.52 bits per heavy atom. The van der Waals surface area contributed by atoms with Gasteiger partial charge in [0.1, 0.15) is 6.61 Å². The van der Waals surface area contributed by atoms with Gasteiger partial charge in [-0.2, -0.15) is 0 Å². The van der Waals surface area contributed by atoms with Gasteiger partial charge < -0.3 is 15.0 Å². The van der Waals surface area contributed by atoms with Crippen LogP contribution in [0.2, 0.25) is 5.02 Å². The largest absolute Gasteiger partial charge is 0.368 e. The zero-order valence-electron chi connectivity index (χ0n) is 11.8. The lowest BCUT2D eigenvalue weighted by molar-refractivity contribution is 0.0883. The van der Waals surface area contributed by atoms with E-state index in [0.717, 1.165) is 19.4 Å². The number of carbonyl (C=O) groups is 1. The van der Waals surface area contributed by atoms with E-state index in [1.807, 2.05) is 12.1 Å². The molecule has 1 aromatic rings. The standard InChI is InChI=1S/C16H19ClN2O2/c1-2-10-21-12-13-6-5-9-19(11-13)16(20)18-15-8-4-3-7-14(15)17/h1,3-4,7-8,13H,5-6,9-12H2,(H,18,20). The van der Waals surface area contributed by atoms with Crippen molar-refractivity contribution in [2.75, 3.05) is 31.6 Å². The van der Waals surface area contributed by atoms with Crippen molar-refractivity contribution < 1.29 is 9.53 Å². The first-order valence-electron chi connectivity index (χ1n) is 7.02. The molecule has 4 nitrogen and oxygen atoms in total. The number of amides is 2. The maximum atomic E-state index is 12.3. The van der Waals surface area contributed by atoms with Gasteiger partial charge in [-0.05, 0) is 25.0 Å². The first-order chi connectivity index (χ1) is 10.2. The van der Waals surface area contributed by atoms with Crippen LogP contribution in [0.5, 0.6) is 0 Å². The van der Waals surface area contributed by atoms with E-state index in [4.69, 9.17) is 22.8 Å². The number of hydrogen-bond donors (Lipinski definition) is 1. The van der Waals surface area contributed by atoms with Gasteiger partial charge in [0.2, 0.25) is 0 Å². The van der Waals surface area contributed by atoms with Gasteiger partial charge in [0.05, 0.1) is 17.3 Å². The molecule has 0 saturated carbocycles. The summed E-state index contributed by atoms with van der Waals surface area (Å²) in [4.78, 5) is 14.1. The van der Waals surface area contributed by atoms with Crippen LogP contribution in [0.4, 0.5) is 10.5 Å². The highest BCUT2D eigenvalue weighted by atomic mass is 35.5. The minimum atomic E-state index is -0.121. The third kappa shape index (κ3) is 4.66. The Balaban J connectivity index is 1.87. The molecule has 5 heteroatoms. The zero-order chi connectivity index (χ0) is 15.1. The highest BCUT2D eigenvalue weighted by molar-refractivity contribution is 6.33. The van der Waals surface area contributed by atoms with Gasteiger partial charge in [0, 0.05) is 19.0 Å². The third-order valence-electron chi connectivity index (χ3n) is 3.46. The maximum Gasteiger partial charge on any atom is 0.321 e. The first kappa shape index (κ1) is 15.7. The predicted octanol–water partition coefficient (Wildman–Crippen LogP) is 3.23. The van der Waals surface area contributed by atoms with E-state index in [0.29, 0.717) is 36.4 Å². The molecule has 2 amide bonds. The van der Waals surface area contributed by atoms with Crippen LogP contribution in [0.15, 0.2) is 24.3 Å². The van der Waals surface area contributed by atoms with Crippen molar-refractivity contribution in [3.8, 4) is 12.3 Å². The lowest BCUT2D eigenvalue weighted by Crippen LogP contribution is -2.43. The number of ether oxygens (including phenoxy) is 1. The number of nitrogens with one attached hydrogen (secondary N) is 1. The Kier molecular flexibility index (Phi) is 5.91. The average Bonchev–Trinajstić information content (AvgIpc) is 2.50. The molecule has 1 aliphatic rings. The number of urea groups is 1. The second-order valence-corrected chi connectivity index (χ2v) is 5.49. The van der Waals surface area contributed by atoms with Crippen molar-refractivity contribution >= 4 is 23.3 Å². The Hall–Kier alpha value is -1.70. The van der Waals surface area contributed by atoms with E-state index in [1.165, 1.54) is 0 Å². The molecule has 2 rings (SSSR count). The number of benzene rings is 1. The molecule has 0 spiro atoms. The number of piperidine rings is 1. The Labute approximate surface area is 130 Å². The first-order valence-corrected chi connectivity index (χ1v) is 7.40. The lowest BCUT2D eigenvalue weighted by atomic mass is 9.99. The highest BCUT2D eigenvalue weighted by Crippen LogP contribution is 2.22. The molecule has 0 aliphatic carbocycles. The molecule has 0 radical (unpaired) electrons. The number of hydrogen-bond acceptors (Lipinski definition) is 2. The summed E-state index contributed by atoms with van der Waals surface area (Å²) in [6.07, 6.45) is 7.19. The summed E-state index contributed by atoms with van der Waals surface area (Å²) in [6, 6.07) is 7.10. The number of rotatable bonds is 4. The Bertz CT molecular complexity index is 527. The number of halogens is 1. The number of terminal acetylenes is 1. The van der Waals surface area contributed by atoms with Crippen molar-refractivity contribution in [3.63, 3.8) is 0 Å². The zero-order valence-corrected chi connectivity index (χ0v) is 12.6. The Morgan fingerprint density at radius 2 is 2.33 bits per heavy atom. The molecule has 21 heavy (non-hydrogen) atoms. The SMILES string of the molecule is C#CCOCC1CCCN(C(=O)Nc2ccccc2Cl)C1. The van der Waals surface area contributed by atoms with E-state index in [-0.39, 0.29) is 6.03 Å². The fourth-order valence-electron chi connectivity index (χ4n) is 2.43. The molecule has 1 unspecified atom stereocenters. The fourth-order valence-corrected chi connectivity index (χ4v) is 2.61. The summed E-state index contributed by atoms with van der Waals surface area (Å²) >= 11 is 6.05. The minimum absolute atomic E-state index is 0.121. The molecule has 1 atom stereocenters. The fraction of sp³-hybridized carbons (Fsp3) is 0.438. The monoisotopic (exact) mass is 306 g/mol. The van der Waals surface area contributed by atoms with Crippen molar-refractivity contribution in [1.29, 1.82) is 0 Å². The average molecular weight is 307 g/mol. The van der Waals surface area contributed by atoms with Crippen molar-refractivity contribution in [3.05, 3.63) is 29.3 Å². The molecule has 1 N–H and O–H groups in total. The van der Waals surface area contributed by atoms with Crippen LogP contribution < -0.4 is 5.32 Å². The van der Waals surface area contributed by atoms with Crippen LogP contribution in [0.25, 0.3) is 0 Å². The third-order valence-corrected chi connectivity index (χ3v) is 3.79. The van der Waals surface area contributed by atoms with Crippen LogP contribution in [0.1, 0.15) is 12.8 Å². The Morgan fingerprint density at radius 3 is 3.10 bits per heavy atom. The number of anilines is 1. The number of para-hydroxylation sites is 1. The smallest absolute Gasteiger partial charge is 0.321 e. The summed E-state index contributed by atoms with van der Waals surface area (Å²) in [5.41, 5.74) is 0.634. The van der Waals surface area contributed by atoms with E-state index in [9.17, 15) is 4.79 Å². The van der Waals surface area contributed by atoms with Crippen LogP contribution in [-0.4, -0.2) is 37.2 Å². The number of nitrogens with zero attached hydrogens (tertiary/aromatic N) is 1. The van der Waals surface area contributed by atoms with Gasteiger partial charge in [0.25, 0.3) is 0 Å². The molecule has 112 valence electrons. The van der Waals surface area contributed by atoms with Gasteiger partial charge in [0.15, 0.2) is 0 Å². The summed E-state index contributed by atoms with van der Waals surface area (Å²) < 4.78 is 5.37. The van der Waals surface area contributed by atoms with Crippen molar-refractivity contribution in [1.82, 2.24) is 4.90 Å². The molecular weight excluding hydrogens is 288 g/mol. The van der Waals surface area contributed by atoms with Crippen LogP contribution in [0, 0.1) is 18.3 Å². The topological polar surface area (TPSA) is 41.6 Å². The molecule has 0 aromatic heterocycles. The molecule has 1 aromatic carbocycles. The van der Waals surface area contributed by atoms with Gasteiger partial charge >= 0.3 is 6.03 Å². The van der Waals surface area contributed by atoms with Crippen LogP contribution >= 0.6 is 11.6 Å². The summed E-state index contributed by atoms with van der Waals surface area (Å²) in [5.74, 6) is 2.79. The predicted molar refractivity (Wildman–Crippen MR) is 84.4 cm³/mol. The highest BCUT2D eigenvalue weighted by Gasteiger charge is 2.24. The van der Waals surface area contributed by atoms with Crippen LogP contribution in [0.3, 0.4) is 0 Å². The van der Waals surface area contributed by atoms with Gasteiger partial charge in [-0.25, -0.2) is 4.79 Å². The number of likely N-dealkylation sites (tertiary alicyclic amines) is 1. The second kappa shape index (κ2) is 7.92. The molecule has 1 fully saturated rings. The second-order valence-electron chi connectivity index (χ2n) is 5.08.